The van der Waals surface area contributed by atoms with Gasteiger partial charge in [-0.25, -0.2) is 0 Å². The number of amides is 1. The zero-order chi connectivity index (χ0) is 16.8. The number of carbonyl (C=O) groups is 1. The Bertz CT molecular complexity index is 684. The maximum Gasteiger partial charge on any atom is 0.244 e. The van der Waals surface area contributed by atoms with Crippen LogP contribution < -0.4 is 5.32 Å². The lowest BCUT2D eigenvalue weighted by Gasteiger charge is -2.23. The van der Waals surface area contributed by atoms with Gasteiger partial charge in [0, 0.05) is 12.6 Å². The van der Waals surface area contributed by atoms with Crippen LogP contribution in [0.3, 0.4) is 0 Å². The van der Waals surface area contributed by atoms with E-state index in [1.165, 1.54) is 11.6 Å². The van der Waals surface area contributed by atoms with Crippen LogP contribution in [-0.2, 0) is 4.79 Å². The molecule has 0 saturated heterocycles. The smallest absolute Gasteiger partial charge is 0.244 e. The third-order valence-corrected chi connectivity index (χ3v) is 4.95. The molecule has 122 valence electrons. The monoisotopic (exact) mass is 368 g/mol. The number of nitrogens with zero attached hydrogens (tertiary/aromatic N) is 1. The van der Waals surface area contributed by atoms with Gasteiger partial charge in [-0.15, -0.1) is 0 Å². The fraction of sp³-hybridized carbons (Fsp3) is 0.235. The SMILES string of the molecule is CN(C)C(CNC(=O)/C=C/c1cccc(Cl)c1Cl)c1ccsc1. The van der Waals surface area contributed by atoms with Crippen LogP contribution in [0.1, 0.15) is 17.2 Å². The molecule has 0 saturated carbocycles. The van der Waals surface area contributed by atoms with E-state index in [2.05, 4.69) is 21.7 Å². The van der Waals surface area contributed by atoms with Gasteiger partial charge in [0.05, 0.1) is 16.1 Å². The van der Waals surface area contributed by atoms with Crippen LogP contribution in [0.25, 0.3) is 6.08 Å². The lowest BCUT2D eigenvalue weighted by atomic mass is 10.1. The van der Waals surface area contributed by atoms with Gasteiger partial charge < -0.3 is 10.2 Å². The average molecular weight is 369 g/mol. The molecule has 1 heterocycles. The second kappa shape index (κ2) is 8.50. The maximum atomic E-state index is 12.0. The summed E-state index contributed by atoms with van der Waals surface area (Å²) in [5, 5.41) is 7.97. The Hall–Kier alpha value is -1.33. The molecule has 0 fully saturated rings. The van der Waals surface area contributed by atoms with Crippen LogP contribution in [0.2, 0.25) is 10.0 Å². The molecule has 1 aromatic heterocycles. The highest BCUT2D eigenvalue weighted by atomic mass is 35.5. The molecule has 0 spiro atoms. The van der Waals surface area contributed by atoms with E-state index < -0.39 is 0 Å². The molecule has 2 rings (SSSR count). The fourth-order valence-corrected chi connectivity index (χ4v) is 3.21. The van der Waals surface area contributed by atoms with E-state index in [1.807, 2.05) is 25.5 Å². The van der Waals surface area contributed by atoms with E-state index >= 15 is 0 Å². The normalized spacial score (nSPS) is 12.7. The first kappa shape index (κ1) is 18.0. The van der Waals surface area contributed by atoms with Gasteiger partial charge in [-0.05, 0) is 54.2 Å². The van der Waals surface area contributed by atoms with Gasteiger partial charge in [0.2, 0.25) is 5.91 Å². The molecular formula is C17H18Cl2N2OS. The van der Waals surface area contributed by atoms with Crippen molar-refractivity contribution in [1.29, 1.82) is 0 Å². The Morgan fingerprint density at radius 1 is 1.35 bits per heavy atom. The van der Waals surface area contributed by atoms with Gasteiger partial charge in [-0.1, -0.05) is 35.3 Å². The van der Waals surface area contributed by atoms with Gasteiger partial charge in [0.15, 0.2) is 0 Å². The summed E-state index contributed by atoms with van der Waals surface area (Å²) in [6, 6.07) is 7.54. The maximum absolute atomic E-state index is 12.0. The minimum absolute atomic E-state index is 0.147. The van der Waals surface area contributed by atoms with Gasteiger partial charge in [0.1, 0.15) is 0 Å². The Kier molecular flexibility index (Phi) is 6.66. The van der Waals surface area contributed by atoms with Crippen molar-refractivity contribution in [1.82, 2.24) is 10.2 Å². The van der Waals surface area contributed by atoms with Gasteiger partial charge in [-0.2, -0.15) is 11.3 Å². The first-order chi connectivity index (χ1) is 11.0. The molecule has 1 aromatic carbocycles. The van der Waals surface area contributed by atoms with Crippen LogP contribution in [-0.4, -0.2) is 31.4 Å². The highest BCUT2D eigenvalue weighted by molar-refractivity contribution is 7.08. The number of carbonyl (C=O) groups excluding carboxylic acids is 1. The van der Waals surface area contributed by atoms with Crippen molar-refractivity contribution in [2.45, 2.75) is 6.04 Å². The summed E-state index contributed by atoms with van der Waals surface area (Å²) in [7, 11) is 3.99. The molecule has 0 aliphatic rings. The highest BCUT2D eigenvalue weighted by Crippen LogP contribution is 2.26. The molecule has 0 radical (unpaired) electrons. The van der Waals surface area contributed by atoms with Crippen LogP contribution in [0, 0.1) is 0 Å². The molecule has 1 unspecified atom stereocenters. The molecule has 1 amide bonds. The largest absolute Gasteiger partial charge is 0.351 e. The van der Waals surface area contributed by atoms with Crippen molar-refractivity contribution in [3.05, 3.63) is 62.3 Å². The van der Waals surface area contributed by atoms with Crippen molar-refractivity contribution < 1.29 is 4.79 Å². The number of halogens is 2. The van der Waals surface area contributed by atoms with E-state index in [1.54, 1.807) is 29.5 Å². The zero-order valence-corrected chi connectivity index (χ0v) is 15.3. The predicted octanol–water partition coefficient (Wildman–Crippen LogP) is 4.49. The number of nitrogens with one attached hydrogen (secondary N) is 1. The third kappa shape index (κ3) is 5.08. The number of rotatable bonds is 6. The molecule has 6 heteroatoms. The summed E-state index contributed by atoms with van der Waals surface area (Å²) in [4.78, 5) is 14.1. The molecule has 1 N–H and O–H groups in total. The average Bonchev–Trinajstić information content (AvgIpc) is 3.02. The quantitative estimate of drug-likeness (QED) is 0.761. The minimum atomic E-state index is -0.164. The van der Waals surface area contributed by atoms with Gasteiger partial charge in [0.25, 0.3) is 0 Å². The number of thiophene rings is 1. The molecule has 23 heavy (non-hydrogen) atoms. The van der Waals surface area contributed by atoms with E-state index in [0.29, 0.717) is 16.6 Å². The number of hydrogen-bond donors (Lipinski definition) is 1. The first-order valence-electron chi connectivity index (χ1n) is 7.07. The molecule has 2 aromatic rings. The van der Waals surface area contributed by atoms with Crippen molar-refractivity contribution >= 4 is 46.5 Å². The summed E-state index contributed by atoms with van der Waals surface area (Å²) < 4.78 is 0. The number of hydrogen-bond acceptors (Lipinski definition) is 3. The summed E-state index contributed by atoms with van der Waals surface area (Å²) in [6.45, 7) is 0.538. The molecule has 0 aliphatic heterocycles. The van der Waals surface area contributed by atoms with E-state index in [4.69, 9.17) is 23.2 Å². The number of likely N-dealkylation sites (N-methyl/N-ethyl adjacent to an activating group) is 1. The Morgan fingerprint density at radius 3 is 2.78 bits per heavy atom. The summed E-state index contributed by atoms with van der Waals surface area (Å²) in [5.41, 5.74) is 1.92. The highest BCUT2D eigenvalue weighted by Gasteiger charge is 2.14. The van der Waals surface area contributed by atoms with E-state index in [9.17, 15) is 4.79 Å². The van der Waals surface area contributed by atoms with Crippen LogP contribution >= 0.6 is 34.5 Å². The molecule has 0 aliphatic carbocycles. The standard InChI is InChI=1S/C17H18Cl2N2OS/c1-21(2)15(13-8-9-23-11-13)10-20-16(22)7-6-12-4-3-5-14(18)17(12)19/h3-9,11,15H,10H2,1-2H3,(H,20,22)/b7-6+. The van der Waals surface area contributed by atoms with E-state index in [0.717, 1.165) is 5.56 Å². The molecule has 0 bridgehead atoms. The lowest BCUT2D eigenvalue weighted by Crippen LogP contribution is -2.33. The van der Waals surface area contributed by atoms with Crippen molar-refractivity contribution in [2.75, 3.05) is 20.6 Å². The topological polar surface area (TPSA) is 32.3 Å². The first-order valence-corrected chi connectivity index (χ1v) is 8.77. The zero-order valence-electron chi connectivity index (χ0n) is 12.9. The van der Waals surface area contributed by atoms with Crippen LogP contribution in [0.4, 0.5) is 0 Å². The Balaban J connectivity index is 1.96. The minimum Gasteiger partial charge on any atom is -0.351 e. The second-order valence-corrected chi connectivity index (χ2v) is 6.82. The predicted molar refractivity (Wildman–Crippen MR) is 99.3 cm³/mol. The second-order valence-electron chi connectivity index (χ2n) is 5.26. The summed E-state index contributed by atoms with van der Waals surface area (Å²) in [6.07, 6.45) is 3.14. The van der Waals surface area contributed by atoms with Crippen molar-refractivity contribution in [3.8, 4) is 0 Å². The fourth-order valence-electron chi connectivity index (χ4n) is 2.13. The molecule has 1 atom stereocenters. The third-order valence-electron chi connectivity index (χ3n) is 3.42. The number of benzene rings is 1. The Morgan fingerprint density at radius 2 is 2.13 bits per heavy atom. The van der Waals surface area contributed by atoms with Crippen LogP contribution in [0.15, 0.2) is 41.1 Å². The molecule has 3 nitrogen and oxygen atoms in total. The summed E-state index contributed by atoms with van der Waals surface area (Å²) >= 11 is 13.7. The van der Waals surface area contributed by atoms with Gasteiger partial charge >= 0.3 is 0 Å². The van der Waals surface area contributed by atoms with Crippen molar-refractivity contribution in [2.24, 2.45) is 0 Å². The molecular weight excluding hydrogens is 351 g/mol. The lowest BCUT2D eigenvalue weighted by molar-refractivity contribution is -0.116. The summed E-state index contributed by atoms with van der Waals surface area (Å²) in [5.74, 6) is -0.164. The van der Waals surface area contributed by atoms with Gasteiger partial charge in [-0.3, -0.25) is 4.79 Å². The van der Waals surface area contributed by atoms with Crippen LogP contribution in [0.5, 0.6) is 0 Å². The Labute approximate surface area is 150 Å². The van der Waals surface area contributed by atoms with Crippen molar-refractivity contribution in [3.63, 3.8) is 0 Å². The van der Waals surface area contributed by atoms with E-state index in [-0.39, 0.29) is 11.9 Å².